The van der Waals surface area contributed by atoms with Gasteiger partial charge in [-0.25, -0.2) is 0 Å². The molecular formula is C7H12O2. The second-order valence-electron chi connectivity index (χ2n) is 2.59. The van der Waals surface area contributed by atoms with Crippen LogP contribution in [0.2, 0.25) is 0 Å². The predicted molar refractivity (Wildman–Crippen MR) is 34.0 cm³/mol. The normalized spacial score (nSPS) is 34.7. The Balaban J connectivity index is 2.48. The van der Waals surface area contributed by atoms with E-state index in [1.165, 1.54) is 0 Å². The van der Waals surface area contributed by atoms with E-state index >= 15 is 0 Å². The van der Waals surface area contributed by atoms with Crippen molar-refractivity contribution in [3.8, 4) is 0 Å². The van der Waals surface area contributed by atoms with Gasteiger partial charge in [0.05, 0.1) is 12.0 Å². The van der Waals surface area contributed by atoms with Gasteiger partial charge in [0.2, 0.25) is 0 Å². The number of esters is 1. The molecule has 0 aliphatic carbocycles. The minimum absolute atomic E-state index is 0.00926. The molecule has 0 radical (unpaired) electrons. The van der Waals surface area contributed by atoms with Crippen LogP contribution < -0.4 is 0 Å². The van der Waals surface area contributed by atoms with Crippen LogP contribution in [0.1, 0.15) is 26.7 Å². The summed E-state index contributed by atoms with van der Waals surface area (Å²) in [5.74, 6) is 0.171. The highest BCUT2D eigenvalue weighted by Crippen LogP contribution is 2.22. The Morgan fingerprint density at radius 2 is 2.44 bits per heavy atom. The molecule has 1 aliphatic heterocycles. The van der Waals surface area contributed by atoms with E-state index in [2.05, 4.69) is 0 Å². The van der Waals surface area contributed by atoms with E-state index in [1.54, 1.807) is 0 Å². The molecule has 2 heteroatoms. The molecule has 1 rings (SSSR count). The van der Waals surface area contributed by atoms with Crippen molar-refractivity contribution in [3.63, 3.8) is 0 Å². The lowest BCUT2D eigenvalue weighted by molar-refractivity contribution is -0.143. The molecule has 52 valence electrons. The molecular weight excluding hydrogens is 116 g/mol. The highest BCUT2D eigenvalue weighted by atomic mass is 16.5. The smallest absolute Gasteiger partial charge is 0.309 e. The summed E-state index contributed by atoms with van der Waals surface area (Å²) >= 11 is 0. The van der Waals surface area contributed by atoms with Crippen molar-refractivity contribution in [2.45, 2.75) is 32.8 Å². The van der Waals surface area contributed by atoms with Gasteiger partial charge in [0, 0.05) is 0 Å². The van der Waals surface area contributed by atoms with Crippen LogP contribution in [0.4, 0.5) is 0 Å². The van der Waals surface area contributed by atoms with Crippen molar-refractivity contribution in [2.75, 3.05) is 0 Å². The van der Waals surface area contributed by atoms with Gasteiger partial charge >= 0.3 is 5.97 Å². The third-order valence-corrected chi connectivity index (χ3v) is 1.76. The van der Waals surface area contributed by atoms with Crippen molar-refractivity contribution >= 4 is 5.97 Å². The molecule has 1 heterocycles. The van der Waals surface area contributed by atoms with Crippen molar-refractivity contribution in [3.05, 3.63) is 0 Å². The molecule has 0 aromatic rings. The van der Waals surface area contributed by atoms with Crippen LogP contribution in [-0.2, 0) is 9.53 Å². The molecule has 2 nitrogen and oxygen atoms in total. The van der Waals surface area contributed by atoms with Gasteiger partial charge in [-0.2, -0.15) is 0 Å². The molecule has 0 saturated carbocycles. The molecule has 0 spiro atoms. The first-order chi connectivity index (χ1) is 4.24. The monoisotopic (exact) mass is 128 g/mol. The first-order valence-electron chi connectivity index (χ1n) is 3.44. The molecule has 1 saturated heterocycles. The number of rotatable bonds is 1. The molecule has 1 fully saturated rings. The Morgan fingerprint density at radius 1 is 1.78 bits per heavy atom. The Bertz CT molecular complexity index is 120. The van der Waals surface area contributed by atoms with Crippen LogP contribution in [0.3, 0.4) is 0 Å². The lowest BCUT2D eigenvalue weighted by Gasteiger charge is -1.95. The Morgan fingerprint density at radius 3 is 2.67 bits per heavy atom. The third-order valence-electron chi connectivity index (χ3n) is 1.76. The minimum atomic E-state index is -0.00926. The number of carbonyl (C=O) groups excluding carboxylic acids is 1. The van der Waals surface area contributed by atoms with Crippen LogP contribution in [0.25, 0.3) is 0 Å². The Hall–Kier alpha value is -0.530. The zero-order valence-corrected chi connectivity index (χ0v) is 5.89. The summed E-state index contributed by atoms with van der Waals surface area (Å²) in [4.78, 5) is 10.8. The van der Waals surface area contributed by atoms with E-state index in [4.69, 9.17) is 4.74 Å². The van der Waals surface area contributed by atoms with Gasteiger partial charge in [0.1, 0.15) is 0 Å². The van der Waals surface area contributed by atoms with E-state index in [0.717, 1.165) is 12.8 Å². The van der Waals surface area contributed by atoms with Gasteiger partial charge in [-0.15, -0.1) is 0 Å². The van der Waals surface area contributed by atoms with Gasteiger partial charge < -0.3 is 4.74 Å². The Kier molecular flexibility index (Phi) is 1.74. The van der Waals surface area contributed by atoms with Gasteiger partial charge in [0.25, 0.3) is 0 Å². The maximum absolute atomic E-state index is 10.8. The van der Waals surface area contributed by atoms with Crippen molar-refractivity contribution in [1.29, 1.82) is 0 Å². The Labute approximate surface area is 55.2 Å². The second-order valence-corrected chi connectivity index (χ2v) is 2.59. The van der Waals surface area contributed by atoms with E-state index in [1.807, 2.05) is 13.8 Å². The number of hydrogen-bond donors (Lipinski definition) is 0. The largest absolute Gasteiger partial charge is 0.462 e. The van der Waals surface area contributed by atoms with Crippen molar-refractivity contribution in [1.82, 2.24) is 0 Å². The SMILES string of the molecule is CC[C@@H]1C[C@H](C)OC1=O. The summed E-state index contributed by atoms with van der Waals surface area (Å²) in [6.07, 6.45) is 1.99. The maximum atomic E-state index is 10.8. The van der Waals surface area contributed by atoms with Gasteiger partial charge in [0.15, 0.2) is 0 Å². The van der Waals surface area contributed by atoms with Crippen LogP contribution >= 0.6 is 0 Å². The summed E-state index contributed by atoms with van der Waals surface area (Å²) < 4.78 is 4.93. The number of carbonyl (C=O) groups is 1. The molecule has 0 aromatic heterocycles. The number of hydrogen-bond acceptors (Lipinski definition) is 2. The molecule has 0 unspecified atom stereocenters. The van der Waals surface area contributed by atoms with Gasteiger partial charge in [-0.3, -0.25) is 4.79 Å². The summed E-state index contributed by atoms with van der Waals surface area (Å²) in [7, 11) is 0. The van der Waals surface area contributed by atoms with Gasteiger partial charge in [-0.05, 0) is 19.8 Å². The van der Waals surface area contributed by atoms with E-state index in [-0.39, 0.29) is 18.0 Å². The highest BCUT2D eigenvalue weighted by molar-refractivity contribution is 5.74. The lowest BCUT2D eigenvalue weighted by Crippen LogP contribution is -2.05. The van der Waals surface area contributed by atoms with Crippen LogP contribution in [0.15, 0.2) is 0 Å². The van der Waals surface area contributed by atoms with Crippen LogP contribution in [0, 0.1) is 5.92 Å². The van der Waals surface area contributed by atoms with Gasteiger partial charge in [-0.1, -0.05) is 6.92 Å². The van der Waals surface area contributed by atoms with Crippen LogP contribution in [-0.4, -0.2) is 12.1 Å². The first-order valence-corrected chi connectivity index (χ1v) is 3.44. The predicted octanol–water partition coefficient (Wildman–Crippen LogP) is 1.35. The quantitative estimate of drug-likeness (QED) is 0.498. The maximum Gasteiger partial charge on any atom is 0.309 e. The summed E-state index contributed by atoms with van der Waals surface area (Å²) in [5, 5.41) is 0. The molecule has 1 aliphatic rings. The molecule has 2 atom stereocenters. The molecule has 0 bridgehead atoms. The van der Waals surface area contributed by atoms with Crippen LogP contribution in [0.5, 0.6) is 0 Å². The summed E-state index contributed by atoms with van der Waals surface area (Å²) in [6.45, 7) is 3.96. The fourth-order valence-electron chi connectivity index (χ4n) is 1.17. The average molecular weight is 128 g/mol. The lowest BCUT2D eigenvalue weighted by atomic mass is 10.0. The standard InChI is InChI=1S/C7H12O2/c1-3-6-4-5(2)9-7(6)8/h5-6H,3-4H2,1-2H3/t5-,6+/m0/s1. The highest BCUT2D eigenvalue weighted by Gasteiger charge is 2.29. The fourth-order valence-corrected chi connectivity index (χ4v) is 1.17. The zero-order chi connectivity index (χ0) is 6.85. The summed E-state index contributed by atoms with van der Waals surface area (Å²) in [5.41, 5.74) is 0. The molecule has 0 N–H and O–H groups in total. The second kappa shape index (κ2) is 2.38. The fraction of sp³-hybridized carbons (Fsp3) is 0.857. The number of cyclic esters (lactones) is 1. The van der Waals surface area contributed by atoms with Crippen molar-refractivity contribution in [2.24, 2.45) is 5.92 Å². The minimum Gasteiger partial charge on any atom is -0.462 e. The average Bonchev–Trinajstić information content (AvgIpc) is 2.10. The van der Waals surface area contributed by atoms with Crippen molar-refractivity contribution < 1.29 is 9.53 Å². The summed E-state index contributed by atoms with van der Waals surface area (Å²) in [6, 6.07) is 0. The molecule has 0 amide bonds. The topological polar surface area (TPSA) is 26.3 Å². The molecule has 0 aromatic carbocycles. The zero-order valence-electron chi connectivity index (χ0n) is 5.89. The number of ether oxygens (including phenoxy) is 1. The third kappa shape index (κ3) is 1.23. The molecule has 9 heavy (non-hydrogen) atoms. The first kappa shape index (κ1) is 6.59. The van der Waals surface area contributed by atoms with E-state index in [0.29, 0.717) is 0 Å². The van der Waals surface area contributed by atoms with E-state index < -0.39 is 0 Å². The van der Waals surface area contributed by atoms with E-state index in [9.17, 15) is 4.79 Å².